The van der Waals surface area contributed by atoms with Gasteiger partial charge in [0.25, 0.3) is 0 Å². The molecule has 6 nitrogen and oxygen atoms in total. The number of rotatable bonds is 3. The number of fused-ring (bicyclic) bond motifs is 1. The van der Waals surface area contributed by atoms with Crippen molar-refractivity contribution in [1.82, 2.24) is 9.88 Å². The molecule has 4 aliphatic carbocycles. The molecule has 156 valence electrons. The molecule has 6 rings (SSSR count). The highest BCUT2D eigenvalue weighted by molar-refractivity contribution is 5.77. The van der Waals surface area contributed by atoms with E-state index < -0.39 is 0 Å². The van der Waals surface area contributed by atoms with E-state index in [0.717, 1.165) is 63.6 Å². The van der Waals surface area contributed by atoms with Gasteiger partial charge in [0.1, 0.15) is 6.10 Å². The van der Waals surface area contributed by atoms with Crippen molar-refractivity contribution in [3.63, 3.8) is 0 Å². The van der Waals surface area contributed by atoms with Crippen LogP contribution in [0.5, 0.6) is 0 Å². The number of esters is 1. The monoisotopic (exact) mass is 398 g/mol. The lowest BCUT2D eigenvalue weighted by Crippen LogP contribution is -2.48. The van der Waals surface area contributed by atoms with Crippen LogP contribution in [-0.4, -0.2) is 41.7 Å². The zero-order valence-corrected chi connectivity index (χ0v) is 17.1. The fourth-order valence-corrected chi connectivity index (χ4v) is 6.79. The molecular formula is C23H30N2O4. The fourth-order valence-electron chi connectivity index (χ4n) is 6.79. The van der Waals surface area contributed by atoms with Gasteiger partial charge >= 0.3 is 12.1 Å². The predicted molar refractivity (Wildman–Crippen MR) is 106 cm³/mol. The number of amides is 1. The van der Waals surface area contributed by atoms with Gasteiger partial charge in [-0.1, -0.05) is 6.07 Å². The Balaban J connectivity index is 1.33. The zero-order chi connectivity index (χ0) is 20.0. The summed E-state index contributed by atoms with van der Waals surface area (Å²) in [7, 11) is 1.50. The van der Waals surface area contributed by atoms with Gasteiger partial charge in [0.05, 0.1) is 24.3 Å². The second-order valence-corrected chi connectivity index (χ2v) is 9.53. The van der Waals surface area contributed by atoms with Crippen LogP contribution in [0, 0.1) is 23.2 Å². The highest BCUT2D eigenvalue weighted by Crippen LogP contribution is 2.58. The number of carbonyl (C=O) groups is 2. The quantitative estimate of drug-likeness (QED) is 0.717. The first-order chi connectivity index (χ1) is 14.1. The third-order valence-corrected chi connectivity index (χ3v) is 7.90. The summed E-state index contributed by atoms with van der Waals surface area (Å²) < 4.78 is 11.4. The van der Waals surface area contributed by atoms with Crippen molar-refractivity contribution in [3.05, 3.63) is 30.1 Å². The number of aromatic nitrogens is 1. The fraction of sp³-hybridized carbons (Fsp3) is 0.696. The Morgan fingerprint density at radius 1 is 1.17 bits per heavy atom. The van der Waals surface area contributed by atoms with Crippen LogP contribution in [-0.2, 0) is 14.3 Å². The van der Waals surface area contributed by atoms with Crippen LogP contribution in [0.4, 0.5) is 4.79 Å². The van der Waals surface area contributed by atoms with Gasteiger partial charge in [-0.15, -0.1) is 0 Å². The number of nitrogens with zero attached hydrogens (tertiary/aromatic N) is 2. The topological polar surface area (TPSA) is 68.7 Å². The molecule has 0 N–H and O–H groups in total. The first kappa shape index (κ1) is 18.9. The molecule has 6 atom stereocenters. The second-order valence-electron chi connectivity index (χ2n) is 9.53. The maximum Gasteiger partial charge on any atom is 0.410 e. The maximum atomic E-state index is 13.2. The number of ether oxygens (including phenoxy) is 2. The largest absolute Gasteiger partial charge is 0.469 e. The molecule has 4 saturated carbocycles. The number of carbonyl (C=O) groups excluding carboxylic acids is 2. The number of likely N-dealkylation sites (tertiary alicyclic amines) is 1. The Morgan fingerprint density at radius 2 is 2.03 bits per heavy atom. The van der Waals surface area contributed by atoms with E-state index in [-0.39, 0.29) is 35.5 Å². The summed E-state index contributed by atoms with van der Waals surface area (Å²) in [6, 6.07) is 5.86. The SMILES string of the molecule is COC(=O)C12CCC3CC(CC(C1)C3OC(=O)N1CCCC1c1ccccn1)C2. The van der Waals surface area contributed by atoms with Gasteiger partial charge in [-0.3, -0.25) is 14.7 Å². The van der Waals surface area contributed by atoms with Crippen LogP contribution in [0.25, 0.3) is 0 Å². The average Bonchev–Trinajstić information content (AvgIpc) is 3.16. The summed E-state index contributed by atoms with van der Waals surface area (Å²) in [4.78, 5) is 32.1. The average molecular weight is 399 g/mol. The van der Waals surface area contributed by atoms with Gasteiger partial charge in [-0.25, -0.2) is 4.79 Å². The molecule has 0 spiro atoms. The third kappa shape index (κ3) is 3.21. The standard InChI is InChI=1S/C23H30N2O4/c1-28-21(26)23-8-7-16-11-15(13-23)12-17(14-23)20(16)29-22(27)25-10-4-6-19(25)18-5-2-3-9-24-18/h2-3,5,9,15-17,19-20H,4,6-8,10-14H2,1H3. The first-order valence-electron chi connectivity index (χ1n) is 11.1. The summed E-state index contributed by atoms with van der Waals surface area (Å²) in [6.45, 7) is 0.719. The Bertz CT molecular complexity index is 784. The highest BCUT2D eigenvalue weighted by Gasteiger charge is 2.56. The Kier molecular flexibility index (Phi) is 4.75. The van der Waals surface area contributed by atoms with Crippen molar-refractivity contribution >= 4 is 12.1 Å². The Hall–Kier alpha value is -2.11. The molecule has 6 unspecified atom stereocenters. The molecule has 2 heterocycles. The summed E-state index contributed by atoms with van der Waals surface area (Å²) in [5, 5.41) is 0. The van der Waals surface area contributed by atoms with Crippen LogP contribution < -0.4 is 0 Å². The van der Waals surface area contributed by atoms with E-state index in [1.807, 2.05) is 23.1 Å². The van der Waals surface area contributed by atoms with E-state index in [2.05, 4.69) is 4.98 Å². The lowest BCUT2D eigenvalue weighted by Gasteiger charge is -2.47. The zero-order valence-electron chi connectivity index (χ0n) is 17.1. The molecule has 1 amide bonds. The minimum Gasteiger partial charge on any atom is -0.469 e. The number of methoxy groups -OCH3 is 1. The molecular weight excluding hydrogens is 368 g/mol. The van der Waals surface area contributed by atoms with Crippen LogP contribution in [0.3, 0.4) is 0 Å². The summed E-state index contributed by atoms with van der Waals surface area (Å²) in [5.74, 6) is 1.14. The minimum absolute atomic E-state index is 0.00383. The van der Waals surface area contributed by atoms with Gasteiger partial charge in [-0.05, 0) is 81.3 Å². The van der Waals surface area contributed by atoms with Gasteiger partial charge in [0, 0.05) is 12.7 Å². The maximum absolute atomic E-state index is 13.2. The Labute approximate surface area is 172 Å². The predicted octanol–water partition coefficient (Wildman–Crippen LogP) is 4.11. The van der Waals surface area contributed by atoms with E-state index in [1.165, 1.54) is 7.11 Å². The van der Waals surface area contributed by atoms with Gasteiger partial charge in [-0.2, -0.15) is 0 Å². The molecule has 6 heteroatoms. The summed E-state index contributed by atoms with van der Waals surface area (Å²) in [6.07, 6.45) is 9.10. The number of hydrogen-bond acceptors (Lipinski definition) is 5. The number of hydrogen-bond donors (Lipinski definition) is 0. The normalized spacial score (nSPS) is 38.0. The molecule has 1 aliphatic heterocycles. The van der Waals surface area contributed by atoms with Crippen molar-refractivity contribution < 1.29 is 19.1 Å². The van der Waals surface area contributed by atoms with Gasteiger partial charge < -0.3 is 9.47 Å². The number of pyridine rings is 1. The van der Waals surface area contributed by atoms with Crippen molar-refractivity contribution in [2.24, 2.45) is 23.2 Å². The molecule has 29 heavy (non-hydrogen) atoms. The molecule has 4 bridgehead atoms. The molecule has 0 radical (unpaired) electrons. The van der Waals surface area contributed by atoms with E-state index >= 15 is 0 Å². The molecule has 1 aromatic heterocycles. The molecule has 0 aromatic carbocycles. The smallest absolute Gasteiger partial charge is 0.410 e. The molecule has 5 aliphatic rings. The van der Waals surface area contributed by atoms with Crippen LogP contribution in [0.1, 0.15) is 63.1 Å². The first-order valence-corrected chi connectivity index (χ1v) is 11.1. The Morgan fingerprint density at radius 3 is 2.83 bits per heavy atom. The van der Waals surface area contributed by atoms with E-state index in [1.54, 1.807) is 6.20 Å². The van der Waals surface area contributed by atoms with Crippen LogP contribution in [0.15, 0.2) is 24.4 Å². The highest BCUT2D eigenvalue weighted by atomic mass is 16.6. The molecule has 1 saturated heterocycles. The van der Waals surface area contributed by atoms with Crippen molar-refractivity contribution in [1.29, 1.82) is 0 Å². The second kappa shape index (κ2) is 7.29. The summed E-state index contributed by atoms with van der Waals surface area (Å²) in [5.41, 5.74) is 0.580. The summed E-state index contributed by atoms with van der Waals surface area (Å²) >= 11 is 0. The van der Waals surface area contributed by atoms with E-state index in [0.29, 0.717) is 11.8 Å². The van der Waals surface area contributed by atoms with Crippen molar-refractivity contribution in [3.8, 4) is 0 Å². The third-order valence-electron chi connectivity index (χ3n) is 7.90. The lowest BCUT2D eigenvalue weighted by atomic mass is 9.60. The van der Waals surface area contributed by atoms with Crippen LogP contribution in [0.2, 0.25) is 0 Å². The van der Waals surface area contributed by atoms with E-state index in [9.17, 15) is 9.59 Å². The van der Waals surface area contributed by atoms with Crippen molar-refractivity contribution in [2.45, 2.75) is 63.5 Å². The van der Waals surface area contributed by atoms with Crippen molar-refractivity contribution in [2.75, 3.05) is 13.7 Å². The molecule has 1 aromatic rings. The molecule has 5 fully saturated rings. The van der Waals surface area contributed by atoms with E-state index in [4.69, 9.17) is 9.47 Å². The van der Waals surface area contributed by atoms with Crippen LogP contribution >= 0.6 is 0 Å². The lowest BCUT2D eigenvalue weighted by molar-refractivity contribution is -0.159. The van der Waals surface area contributed by atoms with Gasteiger partial charge in [0.15, 0.2) is 0 Å². The van der Waals surface area contributed by atoms with Gasteiger partial charge in [0.2, 0.25) is 0 Å². The minimum atomic E-state index is -0.359.